The highest BCUT2D eigenvalue weighted by molar-refractivity contribution is 7.99. The van der Waals surface area contributed by atoms with Gasteiger partial charge in [-0.05, 0) is 68.3 Å². The van der Waals surface area contributed by atoms with Gasteiger partial charge in [-0.15, -0.1) is 0 Å². The Bertz CT molecular complexity index is 906. The number of hydrogen-bond donors (Lipinski definition) is 1. The van der Waals surface area contributed by atoms with E-state index in [0.717, 1.165) is 9.79 Å². The van der Waals surface area contributed by atoms with Gasteiger partial charge in [0.25, 0.3) is 0 Å². The lowest BCUT2D eigenvalue weighted by Crippen LogP contribution is -2.11. The fourth-order valence-electron chi connectivity index (χ4n) is 2.31. The number of carbonyl (C=O) groups excluding carboxylic acids is 3. The summed E-state index contributed by atoms with van der Waals surface area (Å²) in [5.41, 5.74) is 0.989. The van der Waals surface area contributed by atoms with Crippen molar-refractivity contribution in [3.05, 3.63) is 59.7 Å². The number of Topliss-reactive ketones (excluding diaryl/α,β-unsaturated/α-hetero) is 1. The molecule has 0 fully saturated rings. The standard InChI is InChI=1S/C22H23NO6S/c1-15(23-29-16(2)25)21(26)17-5-9-19(10-6-17)30-20-11-7-18(8-12-20)22(27)28-14-4-3-13-24/h5-12,24H,3-4,13-14H2,1-2H3. The first kappa shape index (κ1) is 23.3. The summed E-state index contributed by atoms with van der Waals surface area (Å²) in [7, 11) is 0. The molecular formula is C22H23NO6S. The molecular weight excluding hydrogens is 406 g/mol. The highest BCUT2D eigenvalue weighted by atomic mass is 32.2. The Labute approximate surface area is 179 Å². The zero-order valence-electron chi connectivity index (χ0n) is 16.8. The third-order valence-corrected chi connectivity index (χ3v) is 4.88. The molecule has 0 bridgehead atoms. The molecule has 0 aliphatic rings. The molecule has 0 radical (unpaired) electrons. The van der Waals surface area contributed by atoms with E-state index in [1.165, 1.54) is 25.6 Å². The summed E-state index contributed by atoms with van der Waals surface area (Å²) >= 11 is 1.48. The molecule has 2 aromatic carbocycles. The van der Waals surface area contributed by atoms with Crippen LogP contribution >= 0.6 is 11.8 Å². The monoisotopic (exact) mass is 429 g/mol. The van der Waals surface area contributed by atoms with E-state index in [-0.39, 0.29) is 24.7 Å². The van der Waals surface area contributed by atoms with Gasteiger partial charge < -0.3 is 14.7 Å². The van der Waals surface area contributed by atoms with Crippen LogP contribution in [0.5, 0.6) is 0 Å². The van der Waals surface area contributed by atoms with E-state index < -0.39 is 11.9 Å². The molecule has 158 valence electrons. The lowest BCUT2D eigenvalue weighted by atomic mass is 10.1. The fraction of sp³-hybridized carbons (Fsp3) is 0.273. The molecule has 0 aromatic heterocycles. The highest BCUT2D eigenvalue weighted by Gasteiger charge is 2.11. The van der Waals surface area contributed by atoms with Crippen LogP contribution in [0.2, 0.25) is 0 Å². The first-order chi connectivity index (χ1) is 14.4. The van der Waals surface area contributed by atoms with E-state index >= 15 is 0 Å². The number of hydrogen-bond acceptors (Lipinski definition) is 8. The smallest absolute Gasteiger partial charge is 0.338 e. The van der Waals surface area contributed by atoms with Crippen molar-refractivity contribution >= 4 is 35.2 Å². The van der Waals surface area contributed by atoms with Gasteiger partial charge in [-0.1, -0.05) is 16.9 Å². The largest absolute Gasteiger partial charge is 0.462 e. The van der Waals surface area contributed by atoms with E-state index in [0.29, 0.717) is 24.0 Å². The van der Waals surface area contributed by atoms with Gasteiger partial charge in [0.1, 0.15) is 5.71 Å². The molecule has 0 saturated heterocycles. The number of aliphatic hydroxyl groups excluding tert-OH is 1. The second kappa shape index (κ2) is 11.9. The second-order valence-corrected chi connectivity index (χ2v) is 7.45. The number of aliphatic hydroxyl groups is 1. The van der Waals surface area contributed by atoms with Crippen LogP contribution in [-0.2, 0) is 14.4 Å². The van der Waals surface area contributed by atoms with Gasteiger partial charge in [-0.3, -0.25) is 4.79 Å². The van der Waals surface area contributed by atoms with Crippen LogP contribution < -0.4 is 0 Å². The molecule has 0 amide bonds. The third-order valence-electron chi connectivity index (χ3n) is 3.87. The zero-order valence-corrected chi connectivity index (χ0v) is 17.6. The molecule has 30 heavy (non-hydrogen) atoms. The topological polar surface area (TPSA) is 102 Å². The summed E-state index contributed by atoms with van der Waals surface area (Å²) in [6.45, 7) is 3.06. The molecule has 0 aliphatic heterocycles. The molecule has 7 nitrogen and oxygen atoms in total. The second-order valence-electron chi connectivity index (χ2n) is 6.31. The van der Waals surface area contributed by atoms with Crippen LogP contribution in [0.3, 0.4) is 0 Å². The average Bonchev–Trinajstić information content (AvgIpc) is 2.75. The Balaban J connectivity index is 1.94. The summed E-state index contributed by atoms with van der Waals surface area (Å²) in [5, 5.41) is 12.2. The number of rotatable bonds is 10. The van der Waals surface area contributed by atoms with Gasteiger partial charge in [0.2, 0.25) is 5.78 Å². The SMILES string of the molecule is CC(=O)ON=C(C)C(=O)c1ccc(Sc2ccc(C(=O)OCCCCO)cc2)cc1. The van der Waals surface area contributed by atoms with Crippen molar-refractivity contribution in [2.24, 2.45) is 5.16 Å². The first-order valence-corrected chi connectivity index (χ1v) is 10.1. The maximum Gasteiger partial charge on any atom is 0.338 e. The van der Waals surface area contributed by atoms with Crippen molar-refractivity contribution in [2.75, 3.05) is 13.2 Å². The van der Waals surface area contributed by atoms with Crippen LogP contribution in [0.15, 0.2) is 63.5 Å². The molecule has 0 saturated carbocycles. The summed E-state index contributed by atoms with van der Waals surface area (Å²) in [6.07, 6.45) is 1.23. The van der Waals surface area contributed by atoms with Gasteiger partial charge in [0, 0.05) is 28.9 Å². The van der Waals surface area contributed by atoms with Crippen molar-refractivity contribution in [1.82, 2.24) is 0 Å². The van der Waals surface area contributed by atoms with Crippen molar-refractivity contribution < 1.29 is 29.1 Å². The summed E-state index contributed by atoms with van der Waals surface area (Å²) in [6, 6.07) is 14.0. The Hall–Kier alpha value is -2.97. The molecule has 0 spiro atoms. The van der Waals surface area contributed by atoms with Crippen LogP contribution in [0.4, 0.5) is 0 Å². The van der Waals surface area contributed by atoms with Gasteiger partial charge in [0.05, 0.1) is 12.2 Å². The number of ketones is 1. The Morgan fingerprint density at radius 1 is 0.900 bits per heavy atom. The van der Waals surface area contributed by atoms with Crippen molar-refractivity contribution in [2.45, 2.75) is 36.5 Å². The Kier molecular flexibility index (Phi) is 9.24. The van der Waals surface area contributed by atoms with E-state index in [4.69, 9.17) is 9.84 Å². The predicted molar refractivity (Wildman–Crippen MR) is 113 cm³/mol. The minimum absolute atomic E-state index is 0.0834. The number of ether oxygens (including phenoxy) is 1. The minimum Gasteiger partial charge on any atom is -0.462 e. The zero-order chi connectivity index (χ0) is 21.9. The maximum atomic E-state index is 12.3. The normalized spacial score (nSPS) is 11.1. The number of benzene rings is 2. The minimum atomic E-state index is -0.588. The third kappa shape index (κ3) is 7.46. The van der Waals surface area contributed by atoms with E-state index in [2.05, 4.69) is 9.99 Å². The number of unbranched alkanes of at least 4 members (excludes halogenated alkanes) is 1. The number of carbonyl (C=O) groups is 3. The lowest BCUT2D eigenvalue weighted by molar-refractivity contribution is -0.140. The van der Waals surface area contributed by atoms with E-state index in [1.54, 1.807) is 36.4 Å². The molecule has 0 atom stereocenters. The van der Waals surface area contributed by atoms with Crippen molar-refractivity contribution in [3.8, 4) is 0 Å². The van der Waals surface area contributed by atoms with Crippen molar-refractivity contribution in [1.29, 1.82) is 0 Å². The van der Waals surface area contributed by atoms with Crippen LogP contribution in [-0.4, -0.2) is 41.8 Å². The number of esters is 1. The van der Waals surface area contributed by atoms with Crippen LogP contribution in [0, 0.1) is 0 Å². The molecule has 1 N–H and O–H groups in total. The van der Waals surface area contributed by atoms with E-state index in [9.17, 15) is 14.4 Å². The Morgan fingerprint density at radius 2 is 1.47 bits per heavy atom. The van der Waals surface area contributed by atoms with E-state index in [1.807, 2.05) is 12.1 Å². The fourth-order valence-corrected chi connectivity index (χ4v) is 3.13. The maximum absolute atomic E-state index is 12.3. The average molecular weight is 429 g/mol. The predicted octanol–water partition coefficient (Wildman–Crippen LogP) is 3.89. The summed E-state index contributed by atoms with van der Waals surface area (Å²) in [5.74, 6) is -1.30. The lowest BCUT2D eigenvalue weighted by Gasteiger charge is -2.06. The summed E-state index contributed by atoms with van der Waals surface area (Å²) in [4.78, 5) is 41.3. The van der Waals surface area contributed by atoms with Crippen LogP contribution in [0.1, 0.15) is 47.4 Å². The van der Waals surface area contributed by atoms with Gasteiger partial charge in [-0.2, -0.15) is 0 Å². The number of nitrogens with zero attached hydrogens (tertiary/aromatic N) is 1. The van der Waals surface area contributed by atoms with Gasteiger partial charge in [0.15, 0.2) is 0 Å². The molecule has 0 heterocycles. The summed E-state index contributed by atoms with van der Waals surface area (Å²) < 4.78 is 5.15. The van der Waals surface area contributed by atoms with Gasteiger partial charge in [-0.25, -0.2) is 9.59 Å². The van der Waals surface area contributed by atoms with Crippen LogP contribution in [0.25, 0.3) is 0 Å². The first-order valence-electron chi connectivity index (χ1n) is 9.33. The highest BCUT2D eigenvalue weighted by Crippen LogP contribution is 2.28. The van der Waals surface area contributed by atoms with Crippen molar-refractivity contribution in [3.63, 3.8) is 0 Å². The Morgan fingerprint density at radius 3 is 2.00 bits per heavy atom. The molecule has 8 heteroatoms. The molecule has 0 unspecified atom stereocenters. The molecule has 2 aromatic rings. The number of oxime groups is 1. The molecule has 2 rings (SSSR count). The molecule has 0 aliphatic carbocycles. The quantitative estimate of drug-likeness (QED) is 0.153. The van der Waals surface area contributed by atoms with Gasteiger partial charge >= 0.3 is 11.9 Å².